The number of methoxy groups -OCH3 is 1. The predicted molar refractivity (Wildman–Crippen MR) is 102 cm³/mol. The molecule has 1 aliphatic heterocycles. The third-order valence-corrected chi connectivity index (χ3v) is 4.94. The lowest BCUT2D eigenvalue weighted by atomic mass is 9.97. The number of aromatic nitrogens is 3. The SMILES string of the molecule is COCCCN1C(=O)c2[nH]nc(-c3ccc(C)cc3)c2C1c1cccnc1. The largest absolute Gasteiger partial charge is 0.385 e. The number of rotatable bonds is 6. The topological polar surface area (TPSA) is 71.1 Å². The fourth-order valence-electron chi connectivity index (χ4n) is 3.62. The first-order chi connectivity index (χ1) is 13.2. The van der Waals surface area contributed by atoms with Crippen LogP contribution in [0.5, 0.6) is 0 Å². The number of hydrogen-bond donors (Lipinski definition) is 1. The van der Waals surface area contributed by atoms with Gasteiger partial charge in [-0.05, 0) is 25.0 Å². The number of nitrogens with zero attached hydrogens (tertiary/aromatic N) is 3. The number of pyridine rings is 1. The lowest BCUT2D eigenvalue weighted by molar-refractivity contribution is 0.0723. The first-order valence-electron chi connectivity index (χ1n) is 9.06. The molecule has 0 saturated heterocycles. The van der Waals surface area contributed by atoms with Crippen LogP contribution in [-0.2, 0) is 4.74 Å². The maximum absolute atomic E-state index is 13.1. The van der Waals surface area contributed by atoms with Crippen LogP contribution in [0.3, 0.4) is 0 Å². The first kappa shape index (κ1) is 17.4. The van der Waals surface area contributed by atoms with Crippen LogP contribution in [0.25, 0.3) is 11.3 Å². The molecule has 138 valence electrons. The van der Waals surface area contributed by atoms with Gasteiger partial charge >= 0.3 is 0 Å². The van der Waals surface area contributed by atoms with Crippen LogP contribution < -0.4 is 0 Å². The summed E-state index contributed by atoms with van der Waals surface area (Å²) >= 11 is 0. The van der Waals surface area contributed by atoms with Gasteiger partial charge in [0.1, 0.15) is 5.69 Å². The van der Waals surface area contributed by atoms with Crippen molar-refractivity contribution in [2.75, 3.05) is 20.3 Å². The summed E-state index contributed by atoms with van der Waals surface area (Å²) in [5.41, 5.74) is 5.48. The van der Waals surface area contributed by atoms with Crippen molar-refractivity contribution < 1.29 is 9.53 Å². The van der Waals surface area contributed by atoms with E-state index in [4.69, 9.17) is 4.74 Å². The van der Waals surface area contributed by atoms with E-state index < -0.39 is 0 Å². The summed E-state index contributed by atoms with van der Waals surface area (Å²) in [5.74, 6) is -0.0270. The van der Waals surface area contributed by atoms with E-state index in [-0.39, 0.29) is 11.9 Å². The highest BCUT2D eigenvalue weighted by molar-refractivity contribution is 6.00. The van der Waals surface area contributed by atoms with Crippen molar-refractivity contribution in [1.29, 1.82) is 0 Å². The average molecular weight is 362 g/mol. The molecule has 1 aliphatic rings. The van der Waals surface area contributed by atoms with E-state index in [2.05, 4.69) is 34.2 Å². The van der Waals surface area contributed by atoms with Gasteiger partial charge in [0.05, 0.1) is 11.7 Å². The Morgan fingerprint density at radius 1 is 1.22 bits per heavy atom. The van der Waals surface area contributed by atoms with E-state index in [0.717, 1.165) is 28.8 Å². The van der Waals surface area contributed by atoms with Crippen LogP contribution in [0.4, 0.5) is 0 Å². The molecule has 0 fully saturated rings. The van der Waals surface area contributed by atoms with Crippen molar-refractivity contribution in [2.24, 2.45) is 0 Å². The highest BCUT2D eigenvalue weighted by atomic mass is 16.5. The summed E-state index contributed by atoms with van der Waals surface area (Å²) in [6.45, 7) is 3.28. The van der Waals surface area contributed by atoms with Crippen LogP contribution in [0, 0.1) is 6.92 Å². The van der Waals surface area contributed by atoms with Crippen molar-refractivity contribution in [3.8, 4) is 11.3 Å². The zero-order valence-corrected chi connectivity index (χ0v) is 15.5. The molecule has 0 bridgehead atoms. The van der Waals surface area contributed by atoms with E-state index in [0.29, 0.717) is 18.8 Å². The number of H-pyrrole nitrogens is 1. The molecule has 4 rings (SSSR count). The second-order valence-corrected chi connectivity index (χ2v) is 6.76. The number of aromatic amines is 1. The van der Waals surface area contributed by atoms with E-state index in [1.165, 1.54) is 5.56 Å². The number of ether oxygens (including phenoxy) is 1. The molecule has 1 amide bonds. The Bertz CT molecular complexity index is 935. The molecule has 2 aromatic heterocycles. The summed E-state index contributed by atoms with van der Waals surface area (Å²) in [4.78, 5) is 19.2. The summed E-state index contributed by atoms with van der Waals surface area (Å²) in [6, 6.07) is 11.9. The number of amides is 1. The van der Waals surface area contributed by atoms with Crippen LogP contribution >= 0.6 is 0 Å². The van der Waals surface area contributed by atoms with Crippen LogP contribution in [0.1, 0.15) is 39.6 Å². The van der Waals surface area contributed by atoms with E-state index >= 15 is 0 Å². The monoisotopic (exact) mass is 362 g/mol. The Kier molecular flexibility index (Phi) is 4.73. The molecule has 6 heteroatoms. The number of nitrogens with one attached hydrogen (secondary N) is 1. The highest BCUT2D eigenvalue weighted by Crippen LogP contribution is 2.42. The molecule has 3 aromatic rings. The van der Waals surface area contributed by atoms with Crippen LogP contribution in [0.2, 0.25) is 0 Å². The van der Waals surface area contributed by atoms with Gasteiger partial charge in [-0.2, -0.15) is 5.10 Å². The zero-order chi connectivity index (χ0) is 18.8. The summed E-state index contributed by atoms with van der Waals surface area (Å²) in [5, 5.41) is 7.45. The van der Waals surface area contributed by atoms with Gasteiger partial charge in [-0.1, -0.05) is 35.9 Å². The third kappa shape index (κ3) is 3.13. The van der Waals surface area contributed by atoms with Crippen molar-refractivity contribution in [3.63, 3.8) is 0 Å². The molecule has 3 heterocycles. The Labute approximate surface area is 158 Å². The minimum absolute atomic E-state index is 0.0270. The predicted octanol–water partition coefficient (Wildman–Crippen LogP) is 3.36. The number of benzene rings is 1. The Balaban J connectivity index is 1.80. The first-order valence-corrected chi connectivity index (χ1v) is 9.06. The van der Waals surface area contributed by atoms with Gasteiger partial charge in [-0.3, -0.25) is 14.9 Å². The van der Waals surface area contributed by atoms with Crippen molar-refractivity contribution in [3.05, 3.63) is 71.2 Å². The average Bonchev–Trinajstić information content (AvgIpc) is 3.23. The number of fused-ring (bicyclic) bond motifs is 1. The molecule has 1 aromatic carbocycles. The van der Waals surface area contributed by atoms with Gasteiger partial charge in [-0.15, -0.1) is 0 Å². The minimum Gasteiger partial charge on any atom is -0.385 e. The van der Waals surface area contributed by atoms with Gasteiger partial charge in [-0.25, -0.2) is 0 Å². The maximum atomic E-state index is 13.1. The zero-order valence-electron chi connectivity index (χ0n) is 15.5. The Morgan fingerprint density at radius 3 is 2.74 bits per heavy atom. The van der Waals surface area contributed by atoms with Crippen molar-refractivity contribution in [2.45, 2.75) is 19.4 Å². The summed E-state index contributed by atoms with van der Waals surface area (Å²) in [7, 11) is 1.67. The quantitative estimate of drug-likeness (QED) is 0.683. The fraction of sp³-hybridized carbons (Fsp3) is 0.286. The number of aryl methyl sites for hydroxylation is 1. The number of carbonyl (C=O) groups is 1. The fourth-order valence-corrected chi connectivity index (χ4v) is 3.62. The van der Waals surface area contributed by atoms with Crippen LogP contribution in [0.15, 0.2) is 48.8 Å². The highest BCUT2D eigenvalue weighted by Gasteiger charge is 2.41. The maximum Gasteiger partial charge on any atom is 0.273 e. The Morgan fingerprint density at radius 2 is 2.04 bits per heavy atom. The number of hydrogen-bond acceptors (Lipinski definition) is 4. The van der Waals surface area contributed by atoms with Gasteiger partial charge in [0.15, 0.2) is 0 Å². The molecule has 0 aliphatic carbocycles. The third-order valence-electron chi connectivity index (χ3n) is 4.94. The standard InChI is InChI=1S/C21H22N4O2/c1-14-6-8-15(9-7-14)18-17-19(24-23-18)21(26)25(11-4-12-27-2)20(17)16-5-3-10-22-13-16/h3,5-10,13,20H,4,11-12H2,1-2H3,(H,23,24). The van der Waals surface area contributed by atoms with E-state index in [1.54, 1.807) is 13.3 Å². The Hall–Kier alpha value is -2.99. The van der Waals surface area contributed by atoms with Gasteiger partial charge < -0.3 is 9.64 Å². The second-order valence-electron chi connectivity index (χ2n) is 6.76. The molecule has 6 nitrogen and oxygen atoms in total. The van der Waals surface area contributed by atoms with Crippen LogP contribution in [-0.4, -0.2) is 46.2 Å². The van der Waals surface area contributed by atoms with Crippen molar-refractivity contribution in [1.82, 2.24) is 20.1 Å². The molecular weight excluding hydrogens is 340 g/mol. The lowest BCUT2D eigenvalue weighted by Gasteiger charge is -2.26. The molecule has 1 N–H and O–H groups in total. The van der Waals surface area contributed by atoms with Gasteiger partial charge in [0.25, 0.3) is 5.91 Å². The van der Waals surface area contributed by atoms with E-state index in [9.17, 15) is 4.79 Å². The second kappa shape index (κ2) is 7.32. The van der Waals surface area contributed by atoms with Gasteiger partial charge in [0, 0.05) is 43.8 Å². The molecule has 1 atom stereocenters. The normalized spacial score (nSPS) is 16.0. The number of carbonyl (C=O) groups excluding carboxylic acids is 1. The van der Waals surface area contributed by atoms with E-state index in [1.807, 2.05) is 35.4 Å². The minimum atomic E-state index is -0.201. The molecule has 27 heavy (non-hydrogen) atoms. The summed E-state index contributed by atoms with van der Waals surface area (Å²) in [6.07, 6.45) is 4.34. The van der Waals surface area contributed by atoms with Gasteiger partial charge in [0.2, 0.25) is 0 Å². The smallest absolute Gasteiger partial charge is 0.273 e. The molecule has 0 radical (unpaired) electrons. The van der Waals surface area contributed by atoms with Crippen molar-refractivity contribution >= 4 is 5.91 Å². The molecule has 0 saturated carbocycles. The summed E-state index contributed by atoms with van der Waals surface area (Å²) < 4.78 is 5.17. The lowest BCUT2D eigenvalue weighted by Crippen LogP contribution is -2.31. The molecule has 0 spiro atoms. The molecule has 1 unspecified atom stereocenters. The molecular formula is C21H22N4O2.